The van der Waals surface area contributed by atoms with E-state index in [1.54, 1.807) is 22.3 Å². The van der Waals surface area contributed by atoms with Gasteiger partial charge in [0.15, 0.2) is 0 Å². The maximum absolute atomic E-state index is 2.47. The minimum atomic E-state index is 0.239. The van der Waals surface area contributed by atoms with Gasteiger partial charge in [0, 0.05) is 15.3 Å². The highest BCUT2D eigenvalue weighted by atomic mass is 28.1. The molecule has 1 heteroatoms. The third-order valence-corrected chi connectivity index (χ3v) is 9.06. The Morgan fingerprint density at radius 1 is 0.773 bits per heavy atom. The predicted molar refractivity (Wildman–Crippen MR) is 103 cm³/mol. The van der Waals surface area contributed by atoms with E-state index in [1.807, 2.05) is 0 Å². The van der Waals surface area contributed by atoms with E-state index in [2.05, 4.69) is 74.5 Å². The molecule has 2 unspecified atom stereocenters. The third kappa shape index (κ3) is 2.33. The molecular formula is C21H34Si. The minimum absolute atomic E-state index is 0.239. The zero-order valence-corrected chi connectivity index (χ0v) is 18.3. The third-order valence-electron chi connectivity index (χ3n) is 6.48. The lowest BCUT2D eigenvalue weighted by Gasteiger charge is -2.49. The highest BCUT2D eigenvalue weighted by Gasteiger charge is 2.49. The summed E-state index contributed by atoms with van der Waals surface area (Å²) in [6, 6.07) is 0. The first-order valence-corrected chi connectivity index (χ1v) is 9.73. The smallest absolute Gasteiger partial charge is 0.0217 e. The lowest BCUT2D eigenvalue weighted by Crippen LogP contribution is -2.37. The highest BCUT2D eigenvalue weighted by molar-refractivity contribution is 6.21. The van der Waals surface area contributed by atoms with Crippen molar-refractivity contribution in [2.24, 2.45) is 17.3 Å². The summed E-state index contributed by atoms with van der Waals surface area (Å²) in [6.07, 6.45) is 4.94. The average molecular weight is 315 g/mol. The molecule has 0 heterocycles. The summed E-state index contributed by atoms with van der Waals surface area (Å²) >= 11 is 0. The van der Waals surface area contributed by atoms with E-state index in [0.717, 1.165) is 0 Å². The molecule has 0 bridgehead atoms. The Labute approximate surface area is 140 Å². The molecule has 22 heavy (non-hydrogen) atoms. The van der Waals surface area contributed by atoms with Crippen LogP contribution in [0.3, 0.4) is 0 Å². The largest absolute Gasteiger partial charge is 0.0744 e. The second-order valence-corrected chi connectivity index (χ2v) is 10.2. The average Bonchev–Trinajstić information content (AvgIpc) is 2.75. The van der Waals surface area contributed by atoms with Crippen LogP contribution in [0.5, 0.6) is 0 Å². The molecule has 122 valence electrons. The van der Waals surface area contributed by atoms with Gasteiger partial charge in [0.1, 0.15) is 0 Å². The fourth-order valence-electron chi connectivity index (χ4n) is 4.89. The van der Waals surface area contributed by atoms with Crippen LogP contribution < -0.4 is 0 Å². The van der Waals surface area contributed by atoms with Gasteiger partial charge >= 0.3 is 0 Å². The fourth-order valence-corrected chi connectivity index (χ4v) is 6.55. The summed E-state index contributed by atoms with van der Waals surface area (Å²) in [6.45, 7) is 21.4. The summed E-state index contributed by atoms with van der Waals surface area (Å²) in [7, 11) is 1.17. The Balaban J connectivity index is 2.74. The van der Waals surface area contributed by atoms with Crippen molar-refractivity contribution in [1.82, 2.24) is 0 Å². The van der Waals surface area contributed by atoms with E-state index in [9.17, 15) is 0 Å². The van der Waals surface area contributed by atoms with Crippen LogP contribution in [0.15, 0.2) is 45.6 Å². The van der Waals surface area contributed by atoms with Crippen LogP contribution in [0.4, 0.5) is 0 Å². The second kappa shape index (κ2) is 5.37. The van der Waals surface area contributed by atoms with Crippen LogP contribution in [0.1, 0.15) is 62.3 Å². The Morgan fingerprint density at radius 3 is 1.27 bits per heavy atom. The van der Waals surface area contributed by atoms with Crippen molar-refractivity contribution < 1.29 is 0 Å². The molecule has 2 rings (SSSR count). The molecule has 2 atom stereocenters. The lowest BCUT2D eigenvalue weighted by atomic mass is 9.65. The van der Waals surface area contributed by atoms with Gasteiger partial charge in [-0.2, -0.15) is 0 Å². The molecule has 0 spiro atoms. The van der Waals surface area contributed by atoms with Crippen LogP contribution in [0.2, 0.25) is 5.04 Å². The van der Waals surface area contributed by atoms with Gasteiger partial charge in [0.2, 0.25) is 0 Å². The van der Waals surface area contributed by atoms with Gasteiger partial charge in [0.05, 0.1) is 0 Å². The topological polar surface area (TPSA) is 0 Å². The molecule has 0 amide bonds. The van der Waals surface area contributed by atoms with Crippen LogP contribution in [0, 0.1) is 17.3 Å². The van der Waals surface area contributed by atoms with Gasteiger partial charge in [-0.05, 0) is 56.1 Å². The summed E-state index contributed by atoms with van der Waals surface area (Å²) in [4.78, 5) is 0. The number of rotatable bonds is 2. The lowest BCUT2D eigenvalue weighted by molar-refractivity contribution is 0.311. The van der Waals surface area contributed by atoms with Gasteiger partial charge in [-0.15, -0.1) is 0 Å². The summed E-state index contributed by atoms with van der Waals surface area (Å²) in [5.41, 5.74) is 9.73. The van der Waals surface area contributed by atoms with Crippen LogP contribution in [0.25, 0.3) is 0 Å². The Bertz CT molecular complexity index is 571. The molecular weight excluding hydrogens is 280 g/mol. The van der Waals surface area contributed by atoms with Crippen molar-refractivity contribution in [2.45, 2.75) is 67.4 Å². The zero-order valence-electron chi connectivity index (χ0n) is 16.3. The maximum atomic E-state index is 2.47. The number of hydrogen-bond donors (Lipinski definition) is 0. The van der Waals surface area contributed by atoms with E-state index >= 15 is 0 Å². The van der Waals surface area contributed by atoms with Crippen molar-refractivity contribution in [2.75, 3.05) is 0 Å². The van der Waals surface area contributed by atoms with Crippen LogP contribution in [-0.4, -0.2) is 10.2 Å². The second-order valence-electron chi connectivity index (χ2n) is 8.73. The molecule has 0 saturated heterocycles. The molecule has 0 nitrogen and oxygen atoms in total. The fraction of sp³-hybridized carbons (Fsp3) is 0.619. The van der Waals surface area contributed by atoms with Crippen LogP contribution in [-0.2, 0) is 0 Å². The molecule has 0 aromatic carbocycles. The molecule has 2 aliphatic rings. The van der Waals surface area contributed by atoms with Gasteiger partial charge in [-0.25, -0.2) is 0 Å². The normalized spacial score (nSPS) is 29.1. The molecule has 0 aromatic rings. The van der Waals surface area contributed by atoms with Gasteiger partial charge in [0.25, 0.3) is 0 Å². The first-order valence-electron chi connectivity index (χ1n) is 8.73. The van der Waals surface area contributed by atoms with E-state index < -0.39 is 0 Å². The van der Waals surface area contributed by atoms with E-state index in [-0.39, 0.29) is 10.5 Å². The standard InChI is InChI=1S/C21H34Si/c1-12-10-14(3)18(16(12)5)21(22,20(7,8)9)19-15(4)11-13(2)17(19)6/h10-11,14-15H,1-9,22H3. The molecule has 0 aromatic heterocycles. The minimum Gasteiger partial charge on any atom is -0.0744 e. The van der Waals surface area contributed by atoms with Crippen molar-refractivity contribution in [3.63, 3.8) is 0 Å². The van der Waals surface area contributed by atoms with Crippen molar-refractivity contribution >= 4 is 10.2 Å². The van der Waals surface area contributed by atoms with Crippen LogP contribution >= 0.6 is 0 Å². The SMILES string of the molecule is CC1=CC(C)C(C([SiH3])(C2=C(C)C(C)=CC2C)C(C)(C)C)=C1C. The van der Waals surface area contributed by atoms with Crippen molar-refractivity contribution in [3.8, 4) is 0 Å². The van der Waals surface area contributed by atoms with Crippen molar-refractivity contribution in [3.05, 3.63) is 45.6 Å². The zero-order chi connectivity index (χ0) is 17.0. The molecule has 0 saturated carbocycles. The molecule has 0 fully saturated rings. The Hall–Kier alpha value is -0.823. The summed E-state index contributed by atoms with van der Waals surface area (Å²) in [5, 5.41) is 0.239. The van der Waals surface area contributed by atoms with E-state index in [1.165, 1.54) is 21.4 Å². The van der Waals surface area contributed by atoms with Gasteiger partial charge in [-0.1, -0.05) is 69.1 Å². The van der Waals surface area contributed by atoms with Crippen molar-refractivity contribution in [1.29, 1.82) is 0 Å². The van der Waals surface area contributed by atoms with Gasteiger partial charge < -0.3 is 0 Å². The molecule has 0 aliphatic heterocycles. The maximum Gasteiger partial charge on any atom is 0.0217 e. The molecule has 2 aliphatic carbocycles. The Morgan fingerprint density at radius 2 is 1.09 bits per heavy atom. The monoisotopic (exact) mass is 314 g/mol. The highest BCUT2D eigenvalue weighted by Crippen LogP contribution is 2.63. The summed E-state index contributed by atoms with van der Waals surface area (Å²) in [5.74, 6) is 1.15. The summed E-state index contributed by atoms with van der Waals surface area (Å²) < 4.78 is 0. The number of allylic oxidation sites excluding steroid dienone is 8. The predicted octanol–water partition coefficient (Wildman–Crippen LogP) is 5.38. The van der Waals surface area contributed by atoms with Gasteiger partial charge in [-0.3, -0.25) is 0 Å². The molecule has 0 radical (unpaired) electrons. The first kappa shape index (κ1) is 17.5. The number of hydrogen-bond acceptors (Lipinski definition) is 0. The van der Waals surface area contributed by atoms with E-state index in [4.69, 9.17) is 0 Å². The van der Waals surface area contributed by atoms with E-state index in [0.29, 0.717) is 11.8 Å². The quantitative estimate of drug-likeness (QED) is 0.600. The Kier molecular flexibility index (Phi) is 4.28. The first-order chi connectivity index (χ1) is 9.92. The molecule has 0 N–H and O–H groups in total.